The Morgan fingerprint density at radius 2 is 2.15 bits per heavy atom. The number of carbonyl (C=O) groups is 1. The van der Waals surface area contributed by atoms with E-state index in [0.717, 1.165) is 5.69 Å². The third-order valence-corrected chi connectivity index (χ3v) is 6.14. The minimum atomic E-state index is -0.504. The number of H-pyrrole nitrogens is 1. The lowest BCUT2D eigenvalue weighted by molar-refractivity contribution is 0.0913. The molecule has 4 heterocycles. The van der Waals surface area contributed by atoms with Crippen LogP contribution >= 0.6 is 0 Å². The number of para-hydroxylation sites is 1. The first-order valence-corrected chi connectivity index (χ1v) is 11.0. The number of carbonyl (C=O) groups excluding carboxylic acids is 1. The number of benzene rings is 1. The number of rotatable bonds is 4. The highest BCUT2D eigenvalue weighted by Gasteiger charge is 2.33. The van der Waals surface area contributed by atoms with Gasteiger partial charge in [0.25, 0.3) is 5.91 Å². The number of pyridine rings is 1. The molecule has 2 bridgehead atoms. The average molecular weight is 464 g/mol. The van der Waals surface area contributed by atoms with Crippen LogP contribution in [0.3, 0.4) is 0 Å². The summed E-state index contributed by atoms with van der Waals surface area (Å²) in [4.78, 5) is 20.8. The maximum atomic E-state index is 14.4. The van der Waals surface area contributed by atoms with E-state index in [0.29, 0.717) is 53.5 Å². The summed E-state index contributed by atoms with van der Waals surface area (Å²) in [5.74, 6) is -0.0996. The van der Waals surface area contributed by atoms with Crippen LogP contribution in [0.5, 0.6) is 11.5 Å². The normalized spacial score (nSPS) is 20.1. The van der Waals surface area contributed by atoms with Crippen molar-refractivity contribution < 1.29 is 23.4 Å². The zero-order chi connectivity index (χ0) is 23.7. The molecule has 0 radical (unpaired) electrons. The summed E-state index contributed by atoms with van der Waals surface area (Å²) in [6, 6.07) is 6.42. The highest BCUT2D eigenvalue weighted by Crippen LogP contribution is 2.44. The Bertz CT molecular complexity index is 1260. The van der Waals surface area contributed by atoms with Crippen molar-refractivity contribution >= 4 is 17.3 Å². The Kier molecular flexibility index (Phi) is 5.93. The second kappa shape index (κ2) is 9.18. The predicted molar refractivity (Wildman–Crippen MR) is 125 cm³/mol. The van der Waals surface area contributed by atoms with Gasteiger partial charge in [-0.1, -0.05) is 18.2 Å². The Labute approximate surface area is 196 Å². The number of aromatic amines is 1. The van der Waals surface area contributed by atoms with Gasteiger partial charge in [-0.25, -0.2) is 4.39 Å². The first kappa shape index (κ1) is 22.0. The summed E-state index contributed by atoms with van der Waals surface area (Å²) >= 11 is 0. The molecule has 3 N–H and O–H groups in total. The standard InChI is InChI=1S/C25H25FN4O4/c1-32-15-6-3-5-14-11-28-25(31)20-21(14)30-22(16-9-10-27-12-19(16)34-13-15)23(20)29-18-8-4-7-17(26)24(18)33-2/h3-4,6-10,12,14-15,29-30H,5,11,13H2,1-2H3,(H,28,31)/b6-3+/t14-,15-/m0/s1. The van der Waals surface area contributed by atoms with Crippen molar-refractivity contribution in [2.24, 2.45) is 0 Å². The molecule has 34 heavy (non-hydrogen) atoms. The van der Waals surface area contributed by atoms with Crippen molar-refractivity contribution in [3.8, 4) is 22.8 Å². The number of fused-ring (bicyclic) bond motifs is 3. The molecule has 176 valence electrons. The minimum Gasteiger partial charge on any atom is -0.492 e. The van der Waals surface area contributed by atoms with E-state index < -0.39 is 5.82 Å². The largest absolute Gasteiger partial charge is 0.492 e. The summed E-state index contributed by atoms with van der Waals surface area (Å²) in [5.41, 5.74) is 3.57. The number of allylic oxidation sites excluding steroid dienone is 1. The van der Waals surface area contributed by atoms with Crippen LogP contribution in [0.15, 0.2) is 48.8 Å². The average Bonchev–Trinajstić information content (AvgIpc) is 3.22. The Morgan fingerprint density at radius 1 is 1.26 bits per heavy atom. The lowest BCUT2D eigenvalue weighted by Crippen LogP contribution is -2.35. The summed E-state index contributed by atoms with van der Waals surface area (Å²) in [6.07, 6.45) is 7.76. The van der Waals surface area contributed by atoms with Gasteiger partial charge in [0.05, 0.1) is 35.9 Å². The van der Waals surface area contributed by atoms with E-state index in [9.17, 15) is 9.18 Å². The fourth-order valence-electron chi connectivity index (χ4n) is 4.42. The molecule has 0 fully saturated rings. The predicted octanol–water partition coefficient (Wildman–Crippen LogP) is 4.15. The third-order valence-electron chi connectivity index (χ3n) is 6.14. The quantitative estimate of drug-likeness (QED) is 0.502. The van der Waals surface area contributed by atoms with Crippen molar-refractivity contribution in [3.63, 3.8) is 0 Å². The van der Waals surface area contributed by atoms with Crippen LogP contribution in [0.1, 0.15) is 28.4 Å². The highest BCUT2D eigenvalue weighted by atomic mass is 19.1. The molecule has 0 saturated heterocycles. The van der Waals surface area contributed by atoms with Gasteiger partial charge in [-0.15, -0.1) is 0 Å². The van der Waals surface area contributed by atoms with Gasteiger partial charge in [0.15, 0.2) is 11.6 Å². The second-order valence-corrected chi connectivity index (χ2v) is 8.14. The van der Waals surface area contributed by atoms with Crippen molar-refractivity contribution in [2.75, 3.05) is 32.7 Å². The number of hydrogen-bond acceptors (Lipinski definition) is 6. The topological polar surface area (TPSA) is 97.5 Å². The second-order valence-electron chi connectivity index (χ2n) is 8.14. The van der Waals surface area contributed by atoms with Crippen molar-refractivity contribution in [1.82, 2.24) is 15.3 Å². The van der Waals surface area contributed by atoms with E-state index in [1.165, 1.54) is 13.2 Å². The SMILES string of the molecule is COc1c(F)cccc1Nc1c2[nH]c3c1C(=O)NC[C@@H]3C/C=C/[C@H](OC)COc1cnccc1-2. The van der Waals surface area contributed by atoms with Crippen LogP contribution in [-0.2, 0) is 4.74 Å². The number of hydrogen-bond donors (Lipinski definition) is 3. The monoisotopic (exact) mass is 464 g/mol. The lowest BCUT2D eigenvalue weighted by Gasteiger charge is -2.23. The Hall–Kier alpha value is -3.85. The molecule has 0 saturated carbocycles. The molecule has 2 aliphatic heterocycles. The van der Waals surface area contributed by atoms with E-state index in [-0.39, 0.29) is 23.7 Å². The number of nitrogens with one attached hydrogen (secondary N) is 3. The van der Waals surface area contributed by atoms with E-state index in [1.807, 2.05) is 18.2 Å². The van der Waals surface area contributed by atoms with Gasteiger partial charge in [0, 0.05) is 37.0 Å². The molecule has 2 aliphatic rings. The van der Waals surface area contributed by atoms with Gasteiger partial charge in [0.2, 0.25) is 0 Å². The fraction of sp³-hybridized carbons (Fsp3) is 0.280. The molecule has 0 unspecified atom stereocenters. The van der Waals surface area contributed by atoms with E-state index >= 15 is 0 Å². The van der Waals surface area contributed by atoms with Crippen molar-refractivity contribution in [2.45, 2.75) is 18.4 Å². The van der Waals surface area contributed by atoms with Crippen LogP contribution in [0.2, 0.25) is 0 Å². The van der Waals surface area contributed by atoms with Crippen LogP contribution in [0.25, 0.3) is 11.3 Å². The van der Waals surface area contributed by atoms with Crippen LogP contribution < -0.4 is 20.1 Å². The van der Waals surface area contributed by atoms with E-state index in [2.05, 4.69) is 20.6 Å². The fourth-order valence-corrected chi connectivity index (χ4v) is 4.42. The molecule has 8 nitrogen and oxygen atoms in total. The molecule has 0 spiro atoms. The summed E-state index contributed by atoms with van der Waals surface area (Å²) in [6.45, 7) is 0.796. The van der Waals surface area contributed by atoms with Gasteiger partial charge in [-0.05, 0) is 24.6 Å². The third kappa shape index (κ3) is 3.88. The number of ether oxygens (including phenoxy) is 3. The number of anilines is 2. The molecule has 2 aromatic heterocycles. The van der Waals surface area contributed by atoms with Crippen LogP contribution in [0, 0.1) is 5.82 Å². The van der Waals surface area contributed by atoms with Crippen LogP contribution in [0.4, 0.5) is 15.8 Å². The minimum absolute atomic E-state index is 0.0239. The molecule has 1 aromatic carbocycles. The molecule has 5 rings (SSSR count). The zero-order valence-electron chi connectivity index (χ0n) is 18.9. The number of amides is 1. The van der Waals surface area contributed by atoms with E-state index in [1.54, 1.807) is 31.6 Å². The smallest absolute Gasteiger partial charge is 0.255 e. The molecule has 2 atom stereocenters. The van der Waals surface area contributed by atoms with Gasteiger partial charge in [0.1, 0.15) is 18.5 Å². The Balaban J connectivity index is 1.72. The molecule has 9 heteroatoms. The maximum Gasteiger partial charge on any atom is 0.255 e. The van der Waals surface area contributed by atoms with Gasteiger partial charge in [-0.3, -0.25) is 9.78 Å². The lowest BCUT2D eigenvalue weighted by atomic mass is 9.93. The van der Waals surface area contributed by atoms with Gasteiger partial charge < -0.3 is 29.8 Å². The number of halogens is 1. The van der Waals surface area contributed by atoms with Crippen LogP contribution in [-0.4, -0.2) is 49.4 Å². The molecule has 1 amide bonds. The summed E-state index contributed by atoms with van der Waals surface area (Å²) in [5, 5.41) is 6.25. The first-order chi connectivity index (χ1) is 16.6. The Morgan fingerprint density at radius 3 is 2.97 bits per heavy atom. The van der Waals surface area contributed by atoms with Crippen molar-refractivity contribution in [3.05, 3.63) is 65.9 Å². The molecule has 3 aromatic rings. The molecular formula is C25H25FN4O4. The van der Waals surface area contributed by atoms with E-state index in [4.69, 9.17) is 14.2 Å². The van der Waals surface area contributed by atoms with Gasteiger partial charge in [-0.2, -0.15) is 0 Å². The zero-order valence-corrected chi connectivity index (χ0v) is 18.9. The number of aromatic nitrogens is 2. The molecular weight excluding hydrogens is 439 g/mol. The summed E-state index contributed by atoms with van der Waals surface area (Å²) in [7, 11) is 3.04. The molecule has 0 aliphatic carbocycles. The van der Waals surface area contributed by atoms with Crippen molar-refractivity contribution in [1.29, 1.82) is 0 Å². The van der Waals surface area contributed by atoms with Gasteiger partial charge >= 0.3 is 0 Å². The number of nitrogens with zero attached hydrogens (tertiary/aromatic N) is 1. The first-order valence-electron chi connectivity index (χ1n) is 11.0. The highest BCUT2D eigenvalue weighted by molar-refractivity contribution is 6.07. The summed E-state index contributed by atoms with van der Waals surface area (Å²) < 4.78 is 31.3. The number of methoxy groups -OCH3 is 2. The maximum absolute atomic E-state index is 14.4.